The van der Waals surface area contributed by atoms with E-state index in [2.05, 4.69) is 11.9 Å². The molecule has 0 saturated carbocycles. The molecule has 0 atom stereocenters. The predicted octanol–water partition coefficient (Wildman–Crippen LogP) is 1.75. The van der Waals surface area contributed by atoms with Gasteiger partial charge in [0, 0.05) is 5.56 Å². The molecule has 0 bridgehead atoms. The molecule has 0 aromatic heterocycles. The number of rotatable bonds is 6. The molecule has 0 aliphatic rings. The molecule has 0 spiro atoms. The Morgan fingerprint density at radius 1 is 1.44 bits per heavy atom. The third-order valence-electron chi connectivity index (χ3n) is 2.33. The first-order chi connectivity index (χ1) is 8.48. The van der Waals surface area contributed by atoms with Crippen LogP contribution in [0.5, 0.6) is 5.75 Å². The summed E-state index contributed by atoms with van der Waals surface area (Å²) in [7, 11) is 0. The minimum atomic E-state index is -0.630. The molecule has 0 radical (unpaired) electrons. The van der Waals surface area contributed by atoms with Crippen LogP contribution in [0.15, 0.2) is 36.9 Å². The first-order valence-electron chi connectivity index (χ1n) is 5.75. The third kappa shape index (κ3) is 4.22. The lowest BCUT2D eigenvalue weighted by Crippen LogP contribution is -2.46. The van der Waals surface area contributed by atoms with Crippen LogP contribution >= 0.6 is 0 Å². The minimum Gasteiger partial charge on any atom is -0.490 e. The fourth-order valence-electron chi connectivity index (χ4n) is 1.28. The zero-order chi connectivity index (χ0) is 13.6. The summed E-state index contributed by atoms with van der Waals surface area (Å²) in [6.45, 7) is 7.39. The van der Waals surface area contributed by atoms with Crippen molar-refractivity contribution in [3.8, 4) is 5.75 Å². The number of amides is 1. The number of carbonyl (C=O) groups is 1. The number of hydrogen-bond donors (Lipinski definition) is 2. The highest BCUT2D eigenvalue weighted by Gasteiger charge is 2.19. The Morgan fingerprint density at radius 3 is 2.56 bits per heavy atom. The monoisotopic (exact) mass is 249 g/mol. The molecule has 1 rings (SSSR count). The minimum absolute atomic E-state index is 0.112. The summed E-state index contributed by atoms with van der Waals surface area (Å²) < 4.78 is 5.32. The normalized spacial score (nSPS) is 10.8. The topological polar surface area (TPSA) is 58.6 Å². The molecule has 1 amide bonds. The van der Waals surface area contributed by atoms with Gasteiger partial charge in [-0.15, -0.1) is 0 Å². The lowest BCUT2D eigenvalue weighted by Gasteiger charge is -2.23. The Kier molecular flexibility index (Phi) is 4.92. The highest BCUT2D eigenvalue weighted by atomic mass is 16.5. The smallest absolute Gasteiger partial charge is 0.251 e. The van der Waals surface area contributed by atoms with Crippen molar-refractivity contribution in [2.45, 2.75) is 19.4 Å². The molecule has 18 heavy (non-hydrogen) atoms. The van der Waals surface area contributed by atoms with Gasteiger partial charge in [-0.05, 0) is 38.1 Å². The molecule has 2 N–H and O–H groups in total. The van der Waals surface area contributed by atoms with Crippen molar-refractivity contribution in [1.29, 1.82) is 0 Å². The van der Waals surface area contributed by atoms with E-state index in [9.17, 15) is 4.79 Å². The highest BCUT2D eigenvalue weighted by molar-refractivity contribution is 5.94. The van der Waals surface area contributed by atoms with Gasteiger partial charge < -0.3 is 15.2 Å². The van der Waals surface area contributed by atoms with Gasteiger partial charge in [0.1, 0.15) is 12.4 Å². The second-order valence-corrected chi connectivity index (χ2v) is 4.62. The molecule has 4 nitrogen and oxygen atoms in total. The van der Waals surface area contributed by atoms with E-state index in [-0.39, 0.29) is 12.5 Å². The summed E-state index contributed by atoms with van der Waals surface area (Å²) in [5.41, 5.74) is -0.0998. The average molecular weight is 249 g/mol. The van der Waals surface area contributed by atoms with Crippen LogP contribution < -0.4 is 10.1 Å². The first-order valence-corrected chi connectivity index (χ1v) is 5.75. The van der Waals surface area contributed by atoms with Gasteiger partial charge in [0.25, 0.3) is 5.91 Å². The summed E-state index contributed by atoms with van der Waals surface area (Å²) in [5.74, 6) is 0.470. The number of nitrogens with one attached hydrogen (secondary N) is 1. The van der Waals surface area contributed by atoms with Gasteiger partial charge in [-0.1, -0.05) is 12.7 Å². The molecule has 0 aliphatic heterocycles. The number of benzene rings is 1. The molecule has 0 aliphatic carbocycles. The van der Waals surface area contributed by atoms with Crippen LogP contribution in [0.4, 0.5) is 0 Å². The van der Waals surface area contributed by atoms with Crippen LogP contribution in [0.1, 0.15) is 24.2 Å². The van der Waals surface area contributed by atoms with Gasteiger partial charge in [0.2, 0.25) is 0 Å². The summed E-state index contributed by atoms with van der Waals surface area (Å²) in [6.07, 6.45) is 1.66. The molecule has 0 heterocycles. The van der Waals surface area contributed by atoms with Crippen LogP contribution in [-0.4, -0.2) is 29.8 Å². The summed E-state index contributed by atoms with van der Waals surface area (Å²) >= 11 is 0. The van der Waals surface area contributed by atoms with Crippen molar-refractivity contribution in [1.82, 2.24) is 5.32 Å². The predicted molar refractivity (Wildman–Crippen MR) is 70.8 cm³/mol. The summed E-state index contributed by atoms with van der Waals surface area (Å²) in [5, 5.41) is 11.8. The second kappa shape index (κ2) is 6.21. The van der Waals surface area contributed by atoms with Gasteiger partial charge in [-0.25, -0.2) is 0 Å². The number of ether oxygens (including phenoxy) is 1. The molecule has 1 aromatic rings. The maximum Gasteiger partial charge on any atom is 0.251 e. The molecular formula is C14H19NO3. The van der Waals surface area contributed by atoms with Gasteiger partial charge in [-0.3, -0.25) is 4.79 Å². The first kappa shape index (κ1) is 14.3. The number of carbonyl (C=O) groups excluding carboxylic acids is 1. The zero-order valence-electron chi connectivity index (χ0n) is 10.8. The van der Waals surface area contributed by atoms with E-state index in [1.807, 2.05) is 0 Å². The van der Waals surface area contributed by atoms with Gasteiger partial charge in [-0.2, -0.15) is 0 Å². The second-order valence-electron chi connectivity index (χ2n) is 4.62. The lowest BCUT2D eigenvalue weighted by atomic mass is 10.1. The van der Waals surface area contributed by atoms with Crippen LogP contribution in [0.3, 0.4) is 0 Å². The van der Waals surface area contributed by atoms with Crippen molar-refractivity contribution in [3.05, 3.63) is 42.5 Å². The molecule has 1 aromatic carbocycles. The van der Waals surface area contributed by atoms with Crippen molar-refractivity contribution < 1.29 is 14.6 Å². The zero-order valence-corrected chi connectivity index (χ0v) is 10.8. The quantitative estimate of drug-likeness (QED) is 0.755. The fourth-order valence-corrected chi connectivity index (χ4v) is 1.28. The van der Waals surface area contributed by atoms with Gasteiger partial charge >= 0.3 is 0 Å². The molecule has 0 unspecified atom stereocenters. The van der Waals surface area contributed by atoms with Crippen LogP contribution in [-0.2, 0) is 0 Å². The number of aliphatic hydroxyl groups is 1. The molecule has 0 fully saturated rings. The van der Waals surface area contributed by atoms with E-state index in [1.165, 1.54) is 0 Å². The lowest BCUT2D eigenvalue weighted by molar-refractivity contribution is 0.0869. The van der Waals surface area contributed by atoms with E-state index in [0.29, 0.717) is 17.9 Å². The summed E-state index contributed by atoms with van der Waals surface area (Å²) in [6, 6.07) is 6.82. The standard InChI is InChI=1S/C14H19NO3/c1-4-9-18-12-7-5-11(6-8-12)13(17)15-14(2,3)10-16/h4-8,16H,1,9-10H2,2-3H3,(H,15,17). The Bertz CT molecular complexity index is 410. The fraction of sp³-hybridized carbons (Fsp3) is 0.357. The van der Waals surface area contributed by atoms with E-state index in [4.69, 9.17) is 9.84 Å². The number of aliphatic hydroxyl groups excluding tert-OH is 1. The van der Waals surface area contributed by atoms with E-state index in [0.717, 1.165) is 0 Å². The van der Waals surface area contributed by atoms with E-state index < -0.39 is 5.54 Å². The van der Waals surface area contributed by atoms with Crippen molar-refractivity contribution in [3.63, 3.8) is 0 Å². The maximum atomic E-state index is 11.9. The summed E-state index contributed by atoms with van der Waals surface area (Å²) in [4.78, 5) is 11.9. The Labute approximate surface area is 107 Å². The van der Waals surface area contributed by atoms with E-state index in [1.54, 1.807) is 44.2 Å². The van der Waals surface area contributed by atoms with Crippen molar-refractivity contribution in [2.24, 2.45) is 0 Å². The SMILES string of the molecule is C=CCOc1ccc(C(=O)NC(C)(C)CO)cc1. The average Bonchev–Trinajstić information content (AvgIpc) is 2.36. The molecular weight excluding hydrogens is 230 g/mol. The molecule has 0 saturated heterocycles. The largest absolute Gasteiger partial charge is 0.490 e. The Morgan fingerprint density at radius 2 is 2.06 bits per heavy atom. The van der Waals surface area contributed by atoms with Crippen LogP contribution in [0.25, 0.3) is 0 Å². The Balaban J connectivity index is 2.67. The van der Waals surface area contributed by atoms with Gasteiger partial charge in [0.05, 0.1) is 12.1 Å². The van der Waals surface area contributed by atoms with E-state index >= 15 is 0 Å². The molecule has 98 valence electrons. The Hall–Kier alpha value is -1.81. The highest BCUT2D eigenvalue weighted by Crippen LogP contribution is 2.13. The van der Waals surface area contributed by atoms with Crippen molar-refractivity contribution in [2.75, 3.05) is 13.2 Å². The van der Waals surface area contributed by atoms with Crippen molar-refractivity contribution >= 4 is 5.91 Å². The third-order valence-corrected chi connectivity index (χ3v) is 2.33. The van der Waals surface area contributed by atoms with Gasteiger partial charge in [0.15, 0.2) is 0 Å². The maximum absolute atomic E-state index is 11.9. The molecule has 4 heteroatoms. The van der Waals surface area contributed by atoms with Crippen LogP contribution in [0.2, 0.25) is 0 Å². The van der Waals surface area contributed by atoms with Crippen LogP contribution in [0, 0.1) is 0 Å². The number of hydrogen-bond acceptors (Lipinski definition) is 3.